The molecule has 1 saturated heterocycles. The summed E-state index contributed by atoms with van der Waals surface area (Å²) in [5.41, 5.74) is 4.63. The van der Waals surface area contributed by atoms with Crippen LogP contribution >= 0.6 is 0 Å². The molecule has 0 spiro atoms. The molecule has 0 radical (unpaired) electrons. The van der Waals surface area contributed by atoms with E-state index in [0.717, 1.165) is 29.5 Å². The number of hydroxylamine groups is 1. The largest absolute Gasteiger partial charge is 0.508 e. The molecule has 0 unspecified atom stereocenters. The Morgan fingerprint density at radius 2 is 1.64 bits per heavy atom. The van der Waals surface area contributed by atoms with Crippen LogP contribution in [0.4, 0.5) is 0 Å². The second-order valence-electron chi connectivity index (χ2n) is 8.73. The van der Waals surface area contributed by atoms with Crippen LogP contribution in [0, 0.1) is 0 Å². The van der Waals surface area contributed by atoms with E-state index in [1.165, 1.54) is 17.6 Å². The number of hydrogen-bond donors (Lipinski definition) is 3. The summed E-state index contributed by atoms with van der Waals surface area (Å²) in [5.74, 6) is -0.195. The van der Waals surface area contributed by atoms with E-state index in [-0.39, 0.29) is 36.7 Å². The zero-order chi connectivity index (χ0) is 25.6. The van der Waals surface area contributed by atoms with Crippen molar-refractivity contribution in [2.75, 3.05) is 19.8 Å². The molecule has 1 amide bonds. The van der Waals surface area contributed by atoms with E-state index in [2.05, 4.69) is 6.07 Å². The number of rotatable bonds is 9. The van der Waals surface area contributed by atoms with Crippen LogP contribution in [0.5, 0.6) is 11.5 Å². The van der Waals surface area contributed by atoms with Crippen molar-refractivity contribution in [3.8, 4) is 22.6 Å². The number of aromatic hydroxyl groups is 1. The van der Waals surface area contributed by atoms with Crippen molar-refractivity contribution in [3.05, 3.63) is 78.4 Å². The Hall–Kier alpha value is -3.40. The molecule has 0 saturated carbocycles. The summed E-state index contributed by atoms with van der Waals surface area (Å²) in [7, 11) is -4.07. The van der Waals surface area contributed by atoms with Crippen LogP contribution in [-0.4, -0.2) is 49.2 Å². The van der Waals surface area contributed by atoms with E-state index >= 15 is 0 Å². The van der Waals surface area contributed by atoms with Gasteiger partial charge in [0.2, 0.25) is 0 Å². The Morgan fingerprint density at radius 1 is 0.972 bits per heavy atom. The molecular formula is C27H29NO7S. The van der Waals surface area contributed by atoms with Crippen molar-refractivity contribution in [1.82, 2.24) is 5.48 Å². The molecule has 3 N–H and O–H groups in total. The zero-order valence-electron chi connectivity index (χ0n) is 19.7. The SMILES string of the molecule is O=C(NO)C1(S(=O)(=O)c2ccc(OCCCc3cccc(-c4cccc(O)c4)c3)cc2)CCOCC1. The van der Waals surface area contributed by atoms with Gasteiger partial charge in [0, 0.05) is 13.2 Å². The van der Waals surface area contributed by atoms with Gasteiger partial charge in [-0.15, -0.1) is 0 Å². The highest BCUT2D eigenvalue weighted by molar-refractivity contribution is 7.93. The molecule has 190 valence electrons. The zero-order valence-corrected chi connectivity index (χ0v) is 20.5. The van der Waals surface area contributed by atoms with Gasteiger partial charge in [0.25, 0.3) is 5.91 Å². The first-order valence-corrected chi connectivity index (χ1v) is 13.2. The smallest absolute Gasteiger partial charge is 0.265 e. The Balaban J connectivity index is 1.36. The van der Waals surface area contributed by atoms with Crippen LogP contribution in [0.3, 0.4) is 0 Å². The number of amides is 1. The quantitative estimate of drug-likeness (QED) is 0.226. The van der Waals surface area contributed by atoms with E-state index in [4.69, 9.17) is 14.7 Å². The molecule has 4 rings (SSSR count). The van der Waals surface area contributed by atoms with Crippen LogP contribution in [-0.2, 0) is 25.8 Å². The Bertz CT molecular complexity index is 1300. The van der Waals surface area contributed by atoms with Gasteiger partial charge in [-0.05, 0) is 78.8 Å². The standard InChI is InChI=1S/C27H29NO7S/c29-23-8-2-7-22(19-23)21-6-1-4-20(18-21)5-3-15-35-24-9-11-25(12-10-24)36(32,33)27(26(30)28-31)13-16-34-17-14-27/h1-2,4,6-12,18-19,29,31H,3,5,13-17H2,(H,28,30). The lowest BCUT2D eigenvalue weighted by molar-refractivity contribution is -0.134. The van der Waals surface area contributed by atoms with Crippen molar-refractivity contribution in [1.29, 1.82) is 0 Å². The molecule has 1 aliphatic heterocycles. The number of carbonyl (C=O) groups is 1. The van der Waals surface area contributed by atoms with Crippen LogP contribution in [0.15, 0.2) is 77.7 Å². The Labute approximate surface area is 210 Å². The molecule has 36 heavy (non-hydrogen) atoms. The molecule has 0 aliphatic carbocycles. The third-order valence-corrected chi connectivity index (χ3v) is 8.96. The maximum atomic E-state index is 13.3. The van der Waals surface area contributed by atoms with Gasteiger partial charge in [-0.25, -0.2) is 13.9 Å². The van der Waals surface area contributed by atoms with Gasteiger partial charge in [-0.2, -0.15) is 0 Å². The first-order chi connectivity index (χ1) is 17.4. The van der Waals surface area contributed by atoms with Crippen molar-refractivity contribution in [2.45, 2.75) is 35.3 Å². The molecule has 9 heteroatoms. The number of phenols is 1. The average Bonchev–Trinajstić information content (AvgIpc) is 2.91. The van der Waals surface area contributed by atoms with Crippen LogP contribution in [0.25, 0.3) is 11.1 Å². The number of nitrogens with one attached hydrogen (secondary N) is 1. The lowest BCUT2D eigenvalue weighted by Crippen LogP contribution is -2.54. The van der Waals surface area contributed by atoms with Crippen LogP contribution in [0.1, 0.15) is 24.8 Å². The minimum atomic E-state index is -4.07. The topological polar surface area (TPSA) is 122 Å². The van der Waals surface area contributed by atoms with Gasteiger partial charge in [0.15, 0.2) is 14.6 Å². The highest BCUT2D eigenvalue weighted by Crippen LogP contribution is 2.35. The number of sulfone groups is 1. The maximum absolute atomic E-state index is 13.3. The van der Waals surface area contributed by atoms with Crippen LogP contribution in [0.2, 0.25) is 0 Å². The number of benzene rings is 3. The molecule has 0 bridgehead atoms. The lowest BCUT2D eigenvalue weighted by Gasteiger charge is -2.34. The van der Waals surface area contributed by atoms with Crippen molar-refractivity contribution in [3.63, 3.8) is 0 Å². The molecular weight excluding hydrogens is 482 g/mol. The molecule has 3 aromatic carbocycles. The van der Waals surface area contributed by atoms with Gasteiger partial charge in [0.1, 0.15) is 11.5 Å². The van der Waals surface area contributed by atoms with Crippen molar-refractivity contribution in [2.24, 2.45) is 0 Å². The molecule has 0 aromatic heterocycles. The summed E-state index contributed by atoms with van der Waals surface area (Å²) in [6, 6.07) is 21.2. The monoisotopic (exact) mass is 511 g/mol. The first kappa shape index (κ1) is 25.7. The number of carbonyl (C=O) groups excluding carboxylic acids is 1. The van der Waals surface area contributed by atoms with E-state index in [0.29, 0.717) is 12.4 Å². The molecule has 1 fully saturated rings. The van der Waals surface area contributed by atoms with Gasteiger partial charge in [0.05, 0.1) is 11.5 Å². The summed E-state index contributed by atoms with van der Waals surface area (Å²) in [6.45, 7) is 0.672. The molecule has 0 atom stereocenters. The number of aryl methyl sites for hydroxylation is 1. The first-order valence-electron chi connectivity index (χ1n) is 11.7. The summed E-state index contributed by atoms with van der Waals surface area (Å²) < 4.78 is 35.9. The number of hydrogen-bond acceptors (Lipinski definition) is 7. The average molecular weight is 512 g/mol. The lowest BCUT2D eigenvalue weighted by atomic mass is 9.98. The second kappa shape index (κ2) is 11.1. The minimum absolute atomic E-state index is 0.0101. The predicted molar refractivity (Wildman–Crippen MR) is 134 cm³/mol. The third-order valence-electron chi connectivity index (χ3n) is 6.45. The van der Waals surface area contributed by atoms with Gasteiger partial charge in [-0.1, -0.05) is 36.4 Å². The Kier molecular flexibility index (Phi) is 7.93. The highest BCUT2D eigenvalue weighted by atomic mass is 32.2. The molecule has 1 heterocycles. The fourth-order valence-electron chi connectivity index (χ4n) is 4.42. The predicted octanol–water partition coefficient (Wildman–Crippen LogP) is 3.90. The summed E-state index contributed by atoms with van der Waals surface area (Å²) >= 11 is 0. The van der Waals surface area contributed by atoms with E-state index in [1.807, 2.05) is 30.3 Å². The van der Waals surface area contributed by atoms with Crippen LogP contribution < -0.4 is 10.2 Å². The van der Waals surface area contributed by atoms with Gasteiger partial charge >= 0.3 is 0 Å². The Morgan fingerprint density at radius 3 is 2.31 bits per heavy atom. The molecule has 8 nitrogen and oxygen atoms in total. The van der Waals surface area contributed by atoms with E-state index in [1.54, 1.807) is 24.3 Å². The van der Waals surface area contributed by atoms with E-state index in [9.17, 15) is 18.3 Å². The highest BCUT2D eigenvalue weighted by Gasteiger charge is 2.52. The van der Waals surface area contributed by atoms with Gasteiger partial charge < -0.3 is 14.6 Å². The number of phenolic OH excluding ortho intramolecular Hbond substituents is 1. The van der Waals surface area contributed by atoms with Gasteiger partial charge in [-0.3, -0.25) is 10.0 Å². The fourth-order valence-corrected chi connectivity index (χ4v) is 6.36. The maximum Gasteiger partial charge on any atom is 0.265 e. The van der Waals surface area contributed by atoms with Crippen molar-refractivity contribution >= 4 is 15.7 Å². The number of ether oxygens (including phenoxy) is 2. The normalized spacial score (nSPS) is 15.2. The summed E-state index contributed by atoms with van der Waals surface area (Å²) in [4.78, 5) is 12.3. The minimum Gasteiger partial charge on any atom is -0.508 e. The molecule has 1 aliphatic rings. The fraction of sp³-hybridized carbons (Fsp3) is 0.296. The molecule has 3 aromatic rings. The second-order valence-corrected chi connectivity index (χ2v) is 11.0. The van der Waals surface area contributed by atoms with E-state index < -0.39 is 20.5 Å². The third kappa shape index (κ3) is 5.38. The summed E-state index contributed by atoms with van der Waals surface area (Å²) in [6.07, 6.45) is 1.47. The summed E-state index contributed by atoms with van der Waals surface area (Å²) in [5, 5.41) is 18.9. The van der Waals surface area contributed by atoms with Crippen molar-refractivity contribution < 1.29 is 33.0 Å².